The molecule has 0 aliphatic rings. The molecule has 1 aromatic heterocycles. The summed E-state index contributed by atoms with van der Waals surface area (Å²) in [5.74, 6) is 0.379. The summed E-state index contributed by atoms with van der Waals surface area (Å²) in [5.41, 5.74) is 2.32. The van der Waals surface area contributed by atoms with Gasteiger partial charge in [0, 0.05) is 0 Å². The second kappa shape index (κ2) is 8.84. The maximum atomic E-state index is 12.2. The van der Waals surface area contributed by atoms with Crippen LogP contribution in [0.25, 0.3) is 10.2 Å². The number of anilines is 1. The van der Waals surface area contributed by atoms with E-state index in [1.54, 1.807) is 25.1 Å². The van der Waals surface area contributed by atoms with Gasteiger partial charge >= 0.3 is 5.97 Å². The molecule has 0 radical (unpaired) electrons. The zero-order valence-electron chi connectivity index (χ0n) is 16.0. The minimum Gasteiger partial charge on any atom is -0.484 e. The van der Waals surface area contributed by atoms with Gasteiger partial charge in [-0.15, -0.1) is 0 Å². The molecule has 0 aliphatic heterocycles. The van der Waals surface area contributed by atoms with Crippen molar-refractivity contribution in [2.45, 2.75) is 26.7 Å². The maximum absolute atomic E-state index is 12.2. The number of esters is 1. The van der Waals surface area contributed by atoms with Crippen LogP contribution in [0.5, 0.6) is 5.75 Å². The van der Waals surface area contributed by atoms with Crippen molar-refractivity contribution >= 4 is 38.6 Å². The van der Waals surface area contributed by atoms with Crippen LogP contribution in [0.1, 0.15) is 42.6 Å². The number of benzene rings is 2. The second-order valence-corrected chi connectivity index (χ2v) is 7.52. The SMILES string of the molecule is CCOC(=O)c1ccc2nc(NC(=O)COc3cccc(C(C)C)c3)sc2c1. The number of rotatable bonds is 7. The molecule has 1 heterocycles. The molecule has 0 spiro atoms. The first-order valence-electron chi connectivity index (χ1n) is 9.06. The Bertz CT molecular complexity index is 997. The van der Waals surface area contributed by atoms with Crippen molar-refractivity contribution in [3.8, 4) is 5.75 Å². The Labute approximate surface area is 167 Å². The van der Waals surface area contributed by atoms with Crippen molar-refractivity contribution in [3.63, 3.8) is 0 Å². The number of nitrogens with one attached hydrogen (secondary N) is 1. The summed E-state index contributed by atoms with van der Waals surface area (Å²) in [7, 11) is 0. The molecular weight excluding hydrogens is 376 g/mol. The van der Waals surface area contributed by atoms with Crippen LogP contribution in [0.15, 0.2) is 42.5 Å². The minimum absolute atomic E-state index is 0.106. The number of hydrogen-bond donors (Lipinski definition) is 1. The predicted molar refractivity (Wildman–Crippen MR) is 110 cm³/mol. The molecule has 0 saturated heterocycles. The third-order valence-electron chi connectivity index (χ3n) is 4.04. The topological polar surface area (TPSA) is 77.5 Å². The maximum Gasteiger partial charge on any atom is 0.338 e. The van der Waals surface area contributed by atoms with Gasteiger partial charge in [-0.1, -0.05) is 37.3 Å². The van der Waals surface area contributed by atoms with E-state index in [2.05, 4.69) is 24.1 Å². The molecule has 0 unspecified atom stereocenters. The summed E-state index contributed by atoms with van der Waals surface area (Å²) in [5, 5.41) is 3.20. The van der Waals surface area contributed by atoms with Gasteiger partial charge in [0.1, 0.15) is 5.75 Å². The molecule has 0 saturated carbocycles. The molecule has 0 aliphatic carbocycles. The fraction of sp³-hybridized carbons (Fsp3) is 0.286. The lowest BCUT2D eigenvalue weighted by atomic mass is 10.0. The molecule has 3 aromatic rings. The lowest BCUT2D eigenvalue weighted by molar-refractivity contribution is -0.118. The van der Waals surface area contributed by atoms with E-state index in [0.29, 0.717) is 34.5 Å². The average molecular weight is 398 g/mol. The van der Waals surface area contributed by atoms with Crippen LogP contribution in [0.2, 0.25) is 0 Å². The summed E-state index contributed by atoms with van der Waals surface area (Å²) in [4.78, 5) is 28.4. The summed E-state index contributed by atoms with van der Waals surface area (Å²) in [6.45, 7) is 6.18. The van der Waals surface area contributed by atoms with Gasteiger partial charge in [-0.05, 0) is 48.7 Å². The van der Waals surface area contributed by atoms with Crippen LogP contribution < -0.4 is 10.1 Å². The van der Waals surface area contributed by atoms with Crippen LogP contribution >= 0.6 is 11.3 Å². The quantitative estimate of drug-likeness (QED) is 0.588. The number of ether oxygens (including phenoxy) is 2. The van der Waals surface area contributed by atoms with Crippen LogP contribution in [-0.2, 0) is 9.53 Å². The number of carbonyl (C=O) groups is 2. The first kappa shape index (κ1) is 19.8. The molecule has 28 heavy (non-hydrogen) atoms. The second-order valence-electron chi connectivity index (χ2n) is 6.49. The van der Waals surface area contributed by atoms with Crippen molar-refractivity contribution in [2.75, 3.05) is 18.5 Å². The Kier molecular flexibility index (Phi) is 6.26. The minimum atomic E-state index is -0.375. The highest BCUT2D eigenvalue weighted by molar-refractivity contribution is 7.22. The van der Waals surface area contributed by atoms with Crippen LogP contribution in [0, 0.1) is 0 Å². The molecule has 0 fully saturated rings. The molecule has 1 amide bonds. The van der Waals surface area contributed by atoms with Gasteiger partial charge in [0.05, 0.1) is 22.4 Å². The predicted octanol–water partition coefficient (Wildman–Crippen LogP) is 4.61. The highest BCUT2D eigenvalue weighted by Crippen LogP contribution is 2.27. The monoisotopic (exact) mass is 398 g/mol. The van der Waals surface area contributed by atoms with Crippen molar-refractivity contribution < 1.29 is 19.1 Å². The zero-order valence-corrected chi connectivity index (χ0v) is 16.8. The first-order valence-corrected chi connectivity index (χ1v) is 9.88. The number of aromatic nitrogens is 1. The normalized spacial score (nSPS) is 10.9. The Morgan fingerprint density at radius 2 is 2.00 bits per heavy atom. The molecule has 2 aromatic carbocycles. The smallest absolute Gasteiger partial charge is 0.338 e. The van der Waals surface area contributed by atoms with E-state index in [1.807, 2.05) is 24.3 Å². The number of amides is 1. The van der Waals surface area contributed by atoms with E-state index in [-0.39, 0.29) is 18.5 Å². The Morgan fingerprint density at radius 3 is 2.75 bits per heavy atom. The lowest BCUT2D eigenvalue weighted by Crippen LogP contribution is -2.20. The van der Waals surface area contributed by atoms with Crippen molar-refractivity contribution in [2.24, 2.45) is 0 Å². The molecule has 6 nitrogen and oxygen atoms in total. The Hall–Kier alpha value is -2.93. The van der Waals surface area contributed by atoms with Gasteiger partial charge in [0.15, 0.2) is 11.7 Å². The lowest BCUT2D eigenvalue weighted by Gasteiger charge is -2.09. The van der Waals surface area contributed by atoms with E-state index in [4.69, 9.17) is 9.47 Å². The summed E-state index contributed by atoms with van der Waals surface area (Å²) >= 11 is 1.30. The zero-order chi connectivity index (χ0) is 20.1. The summed E-state index contributed by atoms with van der Waals surface area (Å²) in [6.07, 6.45) is 0. The van der Waals surface area contributed by atoms with Gasteiger partial charge < -0.3 is 9.47 Å². The van der Waals surface area contributed by atoms with Crippen LogP contribution in [0.4, 0.5) is 5.13 Å². The summed E-state index contributed by atoms with van der Waals surface area (Å²) < 4.78 is 11.4. The molecule has 0 bridgehead atoms. The van der Waals surface area contributed by atoms with Crippen molar-refractivity contribution in [1.82, 2.24) is 4.98 Å². The van der Waals surface area contributed by atoms with E-state index in [1.165, 1.54) is 11.3 Å². The van der Waals surface area contributed by atoms with E-state index < -0.39 is 0 Å². The van der Waals surface area contributed by atoms with E-state index in [9.17, 15) is 9.59 Å². The van der Waals surface area contributed by atoms with E-state index in [0.717, 1.165) is 10.3 Å². The number of carbonyl (C=O) groups excluding carboxylic acids is 2. The van der Waals surface area contributed by atoms with E-state index >= 15 is 0 Å². The van der Waals surface area contributed by atoms with Crippen LogP contribution in [-0.4, -0.2) is 30.1 Å². The third-order valence-corrected chi connectivity index (χ3v) is 4.97. The Balaban J connectivity index is 1.63. The molecular formula is C21H22N2O4S. The van der Waals surface area contributed by atoms with Crippen molar-refractivity contribution in [3.05, 3.63) is 53.6 Å². The highest BCUT2D eigenvalue weighted by Gasteiger charge is 2.12. The van der Waals surface area contributed by atoms with Gasteiger partial charge in [-0.25, -0.2) is 9.78 Å². The van der Waals surface area contributed by atoms with Crippen molar-refractivity contribution in [1.29, 1.82) is 0 Å². The largest absolute Gasteiger partial charge is 0.484 e. The fourth-order valence-corrected chi connectivity index (χ4v) is 3.51. The van der Waals surface area contributed by atoms with Gasteiger partial charge in [0.2, 0.25) is 0 Å². The van der Waals surface area contributed by atoms with Crippen LogP contribution in [0.3, 0.4) is 0 Å². The number of nitrogens with zero attached hydrogens (tertiary/aromatic N) is 1. The molecule has 3 rings (SSSR count). The molecule has 146 valence electrons. The van der Waals surface area contributed by atoms with Gasteiger partial charge in [-0.3, -0.25) is 10.1 Å². The summed E-state index contributed by atoms with van der Waals surface area (Å²) in [6, 6.07) is 12.8. The number of fused-ring (bicyclic) bond motifs is 1. The number of hydrogen-bond acceptors (Lipinski definition) is 6. The fourth-order valence-electron chi connectivity index (χ4n) is 2.59. The molecule has 7 heteroatoms. The standard InChI is InChI=1S/C21H22N2O4S/c1-4-26-20(25)15-8-9-17-18(11-15)28-21(22-17)23-19(24)12-27-16-7-5-6-14(10-16)13(2)3/h5-11,13H,4,12H2,1-3H3,(H,22,23,24). The third kappa shape index (κ3) is 4.86. The first-order chi connectivity index (χ1) is 13.5. The Morgan fingerprint density at radius 1 is 1.18 bits per heavy atom. The molecule has 1 N–H and O–H groups in total. The molecule has 0 atom stereocenters. The average Bonchev–Trinajstić information content (AvgIpc) is 3.08. The van der Waals surface area contributed by atoms with Gasteiger partial charge in [-0.2, -0.15) is 0 Å². The number of thiazole rings is 1. The highest BCUT2D eigenvalue weighted by atomic mass is 32.1. The van der Waals surface area contributed by atoms with Gasteiger partial charge in [0.25, 0.3) is 5.91 Å².